The van der Waals surface area contributed by atoms with Crippen LogP contribution in [0.1, 0.15) is 12.8 Å². The number of rotatable bonds is 2. The van der Waals surface area contributed by atoms with Gasteiger partial charge in [-0.1, -0.05) is 0 Å². The lowest BCUT2D eigenvalue weighted by atomic mass is 9.86. The van der Waals surface area contributed by atoms with Crippen LogP contribution in [0.25, 0.3) is 0 Å². The van der Waals surface area contributed by atoms with Crippen LogP contribution in [-0.4, -0.2) is 48.3 Å². The molecule has 3 rings (SSSR count). The van der Waals surface area contributed by atoms with Gasteiger partial charge in [0.2, 0.25) is 0 Å². The van der Waals surface area contributed by atoms with Crippen molar-refractivity contribution < 1.29 is 14.6 Å². The van der Waals surface area contributed by atoms with Gasteiger partial charge in [-0.2, -0.15) is 0 Å². The van der Waals surface area contributed by atoms with Gasteiger partial charge in [-0.15, -0.1) is 0 Å². The highest BCUT2D eigenvalue weighted by Crippen LogP contribution is 2.29. The van der Waals surface area contributed by atoms with E-state index in [1.54, 1.807) is 0 Å². The maximum Gasteiger partial charge on any atom is 0.332 e. The summed E-state index contributed by atoms with van der Waals surface area (Å²) in [6.07, 6.45) is 2.29. The number of piperidine rings is 3. The summed E-state index contributed by atoms with van der Waals surface area (Å²) in [7, 11) is 0. The highest BCUT2D eigenvalue weighted by atomic mass is 16.6. The van der Waals surface area contributed by atoms with E-state index in [-0.39, 0.29) is 6.10 Å². The zero-order valence-electron chi connectivity index (χ0n) is 7.61. The Kier molecular flexibility index (Phi) is 2.51. The molecular weight excluding hydrogens is 170 g/mol. The molecule has 0 aromatic heterocycles. The molecule has 3 saturated heterocycles. The minimum absolute atomic E-state index is 0.0298. The maximum atomic E-state index is 10.9. The zero-order valence-corrected chi connectivity index (χ0v) is 7.61. The van der Waals surface area contributed by atoms with Gasteiger partial charge in [-0.25, -0.2) is 4.79 Å². The zero-order chi connectivity index (χ0) is 9.26. The van der Waals surface area contributed by atoms with Gasteiger partial charge in [0, 0.05) is 6.54 Å². The van der Waals surface area contributed by atoms with Crippen LogP contribution in [0.5, 0.6) is 0 Å². The van der Waals surface area contributed by atoms with Crippen molar-refractivity contribution in [2.75, 3.05) is 26.2 Å². The Balaban J connectivity index is 1.90. The van der Waals surface area contributed by atoms with Crippen LogP contribution < -0.4 is 0 Å². The number of fused-ring (bicyclic) bond motifs is 3. The normalized spacial score (nSPS) is 37.5. The molecule has 3 heterocycles. The van der Waals surface area contributed by atoms with E-state index in [4.69, 9.17) is 9.84 Å². The van der Waals surface area contributed by atoms with Crippen LogP contribution in [0.4, 0.5) is 0 Å². The van der Waals surface area contributed by atoms with E-state index in [1.165, 1.54) is 0 Å². The highest BCUT2D eigenvalue weighted by molar-refractivity contribution is 5.70. The summed E-state index contributed by atoms with van der Waals surface area (Å²) in [5, 5.41) is 8.55. The number of carbonyl (C=O) groups excluding carboxylic acids is 1. The number of ether oxygens (including phenoxy) is 1. The Morgan fingerprint density at radius 2 is 2.15 bits per heavy atom. The fraction of sp³-hybridized carbons (Fsp3) is 0.889. The molecule has 13 heavy (non-hydrogen) atoms. The van der Waals surface area contributed by atoms with Crippen molar-refractivity contribution in [2.24, 2.45) is 5.92 Å². The largest absolute Gasteiger partial charge is 0.459 e. The first-order valence-electron chi connectivity index (χ1n) is 4.82. The third-order valence-electron chi connectivity index (χ3n) is 3.01. The highest BCUT2D eigenvalue weighted by Gasteiger charge is 2.36. The monoisotopic (exact) mass is 185 g/mol. The van der Waals surface area contributed by atoms with Gasteiger partial charge in [0.05, 0.1) is 0 Å². The van der Waals surface area contributed by atoms with Crippen molar-refractivity contribution in [3.63, 3.8) is 0 Å². The average molecular weight is 185 g/mol. The minimum atomic E-state index is -0.497. The molecule has 0 amide bonds. The van der Waals surface area contributed by atoms with Crippen LogP contribution in [0.3, 0.4) is 0 Å². The second-order valence-electron chi connectivity index (χ2n) is 3.82. The van der Waals surface area contributed by atoms with Gasteiger partial charge >= 0.3 is 5.97 Å². The molecule has 3 aliphatic heterocycles. The molecule has 0 aliphatic carbocycles. The standard InChI is InChI=1S/C9H15NO3/c11-6-9(12)13-8-5-10-3-1-7(8)2-4-10/h7-8,11H,1-6H2. The van der Waals surface area contributed by atoms with Crippen molar-refractivity contribution in [3.8, 4) is 0 Å². The van der Waals surface area contributed by atoms with Crippen molar-refractivity contribution >= 4 is 5.97 Å². The second-order valence-corrected chi connectivity index (χ2v) is 3.82. The summed E-state index contributed by atoms with van der Waals surface area (Å²) >= 11 is 0. The van der Waals surface area contributed by atoms with Crippen LogP contribution in [0.15, 0.2) is 0 Å². The quantitative estimate of drug-likeness (QED) is 0.596. The first-order valence-corrected chi connectivity index (χ1v) is 4.82. The maximum absolute atomic E-state index is 10.9. The van der Waals surface area contributed by atoms with Crippen molar-refractivity contribution in [3.05, 3.63) is 0 Å². The van der Waals surface area contributed by atoms with E-state index in [0.717, 1.165) is 32.5 Å². The van der Waals surface area contributed by atoms with Gasteiger partial charge in [0.15, 0.2) is 0 Å². The van der Waals surface area contributed by atoms with Crippen LogP contribution >= 0.6 is 0 Å². The first-order chi connectivity index (χ1) is 6.29. The molecule has 0 aromatic rings. The summed E-state index contributed by atoms with van der Waals surface area (Å²) < 4.78 is 5.14. The molecule has 4 heteroatoms. The number of aliphatic hydroxyl groups is 1. The third-order valence-corrected chi connectivity index (χ3v) is 3.01. The molecule has 0 saturated carbocycles. The molecule has 2 bridgehead atoms. The van der Waals surface area contributed by atoms with Crippen LogP contribution in [-0.2, 0) is 9.53 Å². The number of esters is 1. The molecule has 1 atom stereocenters. The Bertz CT molecular complexity index is 199. The van der Waals surface area contributed by atoms with Gasteiger partial charge in [0.25, 0.3) is 0 Å². The van der Waals surface area contributed by atoms with Gasteiger partial charge in [-0.3, -0.25) is 4.90 Å². The molecular formula is C9H15NO3. The molecule has 1 N–H and O–H groups in total. The van der Waals surface area contributed by atoms with E-state index in [2.05, 4.69) is 4.90 Å². The van der Waals surface area contributed by atoms with Crippen molar-refractivity contribution in [1.82, 2.24) is 4.90 Å². The van der Waals surface area contributed by atoms with Gasteiger partial charge in [-0.05, 0) is 31.8 Å². The van der Waals surface area contributed by atoms with E-state index >= 15 is 0 Å². The molecule has 74 valence electrons. The lowest BCUT2D eigenvalue weighted by Gasteiger charge is -2.43. The van der Waals surface area contributed by atoms with Crippen LogP contribution in [0, 0.1) is 5.92 Å². The van der Waals surface area contributed by atoms with E-state index in [1.807, 2.05) is 0 Å². The number of nitrogens with zero attached hydrogens (tertiary/aromatic N) is 1. The molecule has 0 spiro atoms. The lowest BCUT2D eigenvalue weighted by Crippen LogP contribution is -2.52. The smallest absolute Gasteiger partial charge is 0.332 e. The SMILES string of the molecule is O=C(CO)OC1CN2CCC1CC2. The minimum Gasteiger partial charge on any atom is -0.459 e. The van der Waals surface area contributed by atoms with E-state index in [9.17, 15) is 4.79 Å². The summed E-state index contributed by atoms with van der Waals surface area (Å²) in [6, 6.07) is 0. The van der Waals surface area contributed by atoms with E-state index in [0.29, 0.717) is 5.92 Å². The third kappa shape index (κ3) is 1.84. The van der Waals surface area contributed by atoms with Gasteiger partial charge < -0.3 is 9.84 Å². The predicted octanol–water partition coefficient (Wildman–Crippen LogP) is -0.384. The Morgan fingerprint density at radius 1 is 1.46 bits per heavy atom. The van der Waals surface area contributed by atoms with Crippen molar-refractivity contribution in [1.29, 1.82) is 0 Å². The van der Waals surface area contributed by atoms with Crippen LogP contribution in [0.2, 0.25) is 0 Å². The second kappa shape index (κ2) is 3.64. The van der Waals surface area contributed by atoms with Gasteiger partial charge in [0.1, 0.15) is 12.7 Å². The topological polar surface area (TPSA) is 49.8 Å². The number of aliphatic hydroxyl groups excluding tert-OH is 1. The Hall–Kier alpha value is -0.610. The molecule has 3 aliphatic rings. The van der Waals surface area contributed by atoms with E-state index < -0.39 is 12.6 Å². The predicted molar refractivity (Wildman–Crippen MR) is 46.1 cm³/mol. The number of hydrogen-bond donors (Lipinski definition) is 1. The lowest BCUT2D eigenvalue weighted by molar-refractivity contribution is -0.161. The summed E-state index contributed by atoms with van der Waals surface area (Å²) in [4.78, 5) is 13.2. The Labute approximate surface area is 77.5 Å². The molecule has 1 unspecified atom stereocenters. The summed E-state index contributed by atoms with van der Waals surface area (Å²) in [6.45, 7) is 2.63. The molecule has 0 radical (unpaired) electrons. The first kappa shape index (κ1) is 8.97. The molecule has 4 nitrogen and oxygen atoms in total. The molecule has 0 aromatic carbocycles. The fourth-order valence-electron chi connectivity index (χ4n) is 2.25. The summed E-state index contributed by atoms with van der Waals surface area (Å²) in [5.74, 6) is 0.0410. The summed E-state index contributed by atoms with van der Waals surface area (Å²) in [5.41, 5.74) is 0. The van der Waals surface area contributed by atoms with Crippen molar-refractivity contribution in [2.45, 2.75) is 18.9 Å². The number of carbonyl (C=O) groups is 1. The molecule has 3 fully saturated rings. The average Bonchev–Trinajstić information content (AvgIpc) is 2.19. The Morgan fingerprint density at radius 3 is 2.62 bits per heavy atom. The number of hydrogen-bond acceptors (Lipinski definition) is 4. The fourth-order valence-corrected chi connectivity index (χ4v) is 2.25.